The van der Waals surface area contributed by atoms with E-state index in [1.54, 1.807) is 34.4 Å². The molecule has 0 fully saturated rings. The van der Waals surface area contributed by atoms with Gasteiger partial charge < -0.3 is 29.4 Å². The van der Waals surface area contributed by atoms with Crippen molar-refractivity contribution in [2.45, 2.75) is 19.6 Å². The summed E-state index contributed by atoms with van der Waals surface area (Å²) in [5.41, 5.74) is 7.59. The molecule has 1 atom stereocenters. The summed E-state index contributed by atoms with van der Waals surface area (Å²) in [5.74, 6) is 1.34. The van der Waals surface area contributed by atoms with Gasteiger partial charge in [-0.2, -0.15) is 4.98 Å². The molecule has 0 bridgehead atoms. The molecule has 10 heteroatoms. The van der Waals surface area contributed by atoms with Gasteiger partial charge in [0.15, 0.2) is 11.5 Å². The fourth-order valence-electron chi connectivity index (χ4n) is 2.65. The molecule has 2 rings (SSSR count). The minimum atomic E-state index is -1.05. The predicted octanol–water partition coefficient (Wildman–Crippen LogP) is 1.62. The first kappa shape index (κ1) is 22.2. The Morgan fingerprint density at radius 3 is 2.28 bits per heavy atom. The number of rotatable bonds is 10. The summed E-state index contributed by atoms with van der Waals surface area (Å²) in [6, 6.07) is 3.64. The number of nitrogens with zero attached hydrogens (tertiary/aromatic N) is 2. The number of aromatic nitrogens is 2. The number of hydrogen-bond acceptors (Lipinski definition) is 9. The molecule has 0 aliphatic carbocycles. The zero-order valence-corrected chi connectivity index (χ0v) is 17.1. The van der Waals surface area contributed by atoms with Gasteiger partial charge in [-0.05, 0) is 24.6 Å². The van der Waals surface area contributed by atoms with Crippen LogP contribution in [0.5, 0.6) is 17.2 Å². The Kier molecular flexibility index (Phi) is 7.98. The van der Waals surface area contributed by atoms with Gasteiger partial charge >= 0.3 is 0 Å². The summed E-state index contributed by atoms with van der Waals surface area (Å²) in [6.45, 7) is 2.08. The highest BCUT2D eigenvalue weighted by molar-refractivity contribution is 5.91. The minimum Gasteiger partial charge on any atom is -0.493 e. The highest BCUT2D eigenvalue weighted by Crippen LogP contribution is 2.38. The number of anilines is 2. The van der Waals surface area contributed by atoms with Gasteiger partial charge in [-0.3, -0.25) is 10.1 Å². The number of benzene rings is 1. The Balaban J connectivity index is 2.20. The van der Waals surface area contributed by atoms with E-state index < -0.39 is 12.2 Å². The fraction of sp³-hybridized carbons (Fsp3) is 0.421. The molecule has 1 amide bonds. The Morgan fingerprint density at radius 2 is 1.79 bits per heavy atom. The second kappa shape index (κ2) is 10.4. The maximum atomic E-state index is 12.1. The molecule has 158 valence electrons. The van der Waals surface area contributed by atoms with Gasteiger partial charge in [-0.15, -0.1) is 0 Å². The monoisotopic (exact) mass is 406 g/mol. The Bertz CT molecular complexity index is 820. The lowest BCUT2D eigenvalue weighted by Crippen LogP contribution is -2.32. The van der Waals surface area contributed by atoms with Crippen molar-refractivity contribution in [3.05, 3.63) is 29.5 Å². The number of nitrogen functional groups attached to an aromatic ring is 1. The summed E-state index contributed by atoms with van der Waals surface area (Å²) in [6.07, 6.45) is 0.920. The Hall–Kier alpha value is -3.11. The molecule has 0 aliphatic heterocycles. The maximum absolute atomic E-state index is 12.1. The zero-order valence-electron chi connectivity index (χ0n) is 17.1. The van der Waals surface area contributed by atoms with Crippen LogP contribution in [0.1, 0.15) is 18.1 Å². The number of ether oxygens (including phenoxy) is 5. The molecule has 1 aromatic carbocycles. The Labute approximate surface area is 169 Å². The second-order valence-corrected chi connectivity index (χ2v) is 5.83. The number of hydrogen-bond donors (Lipinski definition) is 2. The molecule has 0 radical (unpaired) electrons. The normalized spacial score (nSPS) is 11.6. The topological polar surface area (TPSA) is 127 Å². The molecular formula is C19H26N4O6. The van der Waals surface area contributed by atoms with Gasteiger partial charge in [0.25, 0.3) is 5.91 Å². The first-order chi connectivity index (χ1) is 14.0. The number of amides is 1. The molecule has 2 aromatic rings. The molecule has 29 heavy (non-hydrogen) atoms. The third-order valence-corrected chi connectivity index (χ3v) is 4.00. The van der Waals surface area contributed by atoms with E-state index in [2.05, 4.69) is 15.3 Å². The van der Waals surface area contributed by atoms with Crippen molar-refractivity contribution in [2.24, 2.45) is 0 Å². The first-order valence-corrected chi connectivity index (χ1v) is 8.82. The smallest absolute Gasteiger partial charge is 0.283 e. The summed E-state index contributed by atoms with van der Waals surface area (Å²) >= 11 is 0. The van der Waals surface area contributed by atoms with Gasteiger partial charge in [-0.25, -0.2) is 4.98 Å². The number of carbonyl (C=O) groups is 1. The van der Waals surface area contributed by atoms with Crippen LogP contribution in [-0.2, 0) is 20.7 Å². The van der Waals surface area contributed by atoms with Crippen molar-refractivity contribution in [3.63, 3.8) is 0 Å². The van der Waals surface area contributed by atoms with E-state index in [1.807, 2.05) is 12.1 Å². The molecule has 0 aliphatic rings. The van der Waals surface area contributed by atoms with Gasteiger partial charge in [0.05, 0.1) is 21.3 Å². The van der Waals surface area contributed by atoms with E-state index >= 15 is 0 Å². The van der Waals surface area contributed by atoms with E-state index in [-0.39, 0.29) is 11.8 Å². The van der Waals surface area contributed by atoms with Crippen molar-refractivity contribution in [1.29, 1.82) is 0 Å². The average Bonchev–Trinajstić information content (AvgIpc) is 2.72. The van der Waals surface area contributed by atoms with Gasteiger partial charge in [0, 0.05) is 31.9 Å². The summed E-state index contributed by atoms with van der Waals surface area (Å²) in [7, 11) is 6.01. The van der Waals surface area contributed by atoms with Crippen LogP contribution in [-0.4, -0.2) is 57.2 Å². The van der Waals surface area contributed by atoms with Crippen molar-refractivity contribution >= 4 is 17.7 Å². The molecule has 1 aromatic heterocycles. The lowest BCUT2D eigenvalue weighted by atomic mass is 10.1. The Morgan fingerprint density at radius 1 is 1.14 bits per heavy atom. The van der Waals surface area contributed by atoms with Crippen molar-refractivity contribution in [3.8, 4) is 17.2 Å². The van der Waals surface area contributed by atoms with E-state index in [0.29, 0.717) is 35.8 Å². The minimum absolute atomic E-state index is 0.0582. The standard InChI is InChI=1S/C19H26N4O6/c1-6-29-18(28-5)17(24)23-19-21-10-12(16(20)22-19)7-11-8-13(25-2)15(27-4)14(9-11)26-3/h8-10,18H,6-7H2,1-5H3,(H3,20,21,22,23,24). The van der Waals surface area contributed by atoms with Crippen molar-refractivity contribution < 1.29 is 28.5 Å². The number of nitrogens with one attached hydrogen (secondary N) is 1. The van der Waals surface area contributed by atoms with Crippen LogP contribution in [0.4, 0.5) is 11.8 Å². The van der Waals surface area contributed by atoms with Crippen LogP contribution in [0, 0.1) is 0 Å². The molecule has 0 spiro atoms. The van der Waals surface area contributed by atoms with Crippen molar-refractivity contribution in [2.75, 3.05) is 46.1 Å². The van der Waals surface area contributed by atoms with Crippen LogP contribution in [0.2, 0.25) is 0 Å². The van der Waals surface area contributed by atoms with E-state index in [4.69, 9.17) is 29.4 Å². The van der Waals surface area contributed by atoms with Crippen LogP contribution in [0.15, 0.2) is 18.3 Å². The molecule has 1 heterocycles. The SMILES string of the molecule is CCOC(OC)C(=O)Nc1ncc(Cc2cc(OC)c(OC)c(OC)c2)c(N)n1. The third kappa shape index (κ3) is 5.46. The highest BCUT2D eigenvalue weighted by atomic mass is 16.7. The average molecular weight is 406 g/mol. The van der Waals surface area contributed by atoms with E-state index in [9.17, 15) is 4.79 Å². The van der Waals surface area contributed by atoms with Crippen LogP contribution < -0.4 is 25.3 Å². The van der Waals surface area contributed by atoms with Crippen LogP contribution in [0.25, 0.3) is 0 Å². The van der Waals surface area contributed by atoms with E-state index in [0.717, 1.165) is 5.56 Å². The van der Waals surface area contributed by atoms with Gasteiger partial charge in [0.1, 0.15) is 5.82 Å². The predicted molar refractivity (Wildman–Crippen MR) is 106 cm³/mol. The zero-order chi connectivity index (χ0) is 21.4. The largest absolute Gasteiger partial charge is 0.493 e. The first-order valence-electron chi connectivity index (χ1n) is 8.82. The van der Waals surface area contributed by atoms with Gasteiger partial charge in [-0.1, -0.05) is 0 Å². The molecule has 1 unspecified atom stereocenters. The van der Waals surface area contributed by atoms with E-state index in [1.165, 1.54) is 7.11 Å². The third-order valence-electron chi connectivity index (χ3n) is 4.00. The summed E-state index contributed by atoms with van der Waals surface area (Å²) < 4.78 is 26.2. The lowest BCUT2D eigenvalue weighted by Gasteiger charge is -2.15. The number of nitrogens with two attached hydrogens (primary N) is 1. The molecule has 0 saturated carbocycles. The maximum Gasteiger partial charge on any atom is 0.283 e. The molecular weight excluding hydrogens is 380 g/mol. The lowest BCUT2D eigenvalue weighted by molar-refractivity contribution is -0.158. The molecule has 0 saturated heterocycles. The van der Waals surface area contributed by atoms with Crippen LogP contribution in [0.3, 0.4) is 0 Å². The summed E-state index contributed by atoms with van der Waals surface area (Å²) in [4.78, 5) is 20.4. The quantitative estimate of drug-likeness (QED) is 0.566. The molecule has 3 N–H and O–H groups in total. The second-order valence-electron chi connectivity index (χ2n) is 5.83. The highest BCUT2D eigenvalue weighted by Gasteiger charge is 2.19. The fourth-order valence-corrected chi connectivity index (χ4v) is 2.65. The van der Waals surface area contributed by atoms with Gasteiger partial charge in [0.2, 0.25) is 18.0 Å². The number of carbonyl (C=O) groups excluding carboxylic acids is 1. The number of methoxy groups -OCH3 is 4. The van der Waals surface area contributed by atoms with Crippen molar-refractivity contribution in [1.82, 2.24) is 9.97 Å². The van der Waals surface area contributed by atoms with Crippen LogP contribution >= 0.6 is 0 Å². The summed E-state index contributed by atoms with van der Waals surface area (Å²) in [5, 5.41) is 2.51. The molecule has 10 nitrogen and oxygen atoms in total.